The number of ketones is 1. The topological polar surface area (TPSA) is 17.1 Å². The summed E-state index contributed by atoms with van der Waals surface area (Å²) in [5, 5.41) is 0. The molecule has 0 radical (unpaired) electrons. The highest BCUT2D eigenvalue weighted by Gasteiger charge is 2.10. The van der Waals surface area contributed by atoms with E-state index in [1.807, 2.05) is 39.0 Å². The minimum absolute atomic E-state index is 0.0282. The van der Waals surface area contributed by atoms with Crippen LogP contribution in [0.2, 0.25) is 0 Å². The molecular weight excluding hydrogens is 239 g/mol. The van der Waals surface area contributed by atoms with Crippen LogP contribution in [0, 0.1) is 26.6 Å². The molecule has 2 aromatic carbocycles. The summed E-state index contributed by atoms with van der Waals surface area (Å²) in [5.74, 6) is -0.269. The summed E-state index contributed by atoms with van der Waals surface area (Å²) in [5.41, 5.74) is 4.53. The fourth-order valence-electron chi connectivity index (χ4n) is 2.24. The van der Waals surface area contributed by atoms with Crippen molar-refractivity contribution in [3.8, 4) is 0 Å². The summed E-state index contributed by atoms with van der Waals surface area (Å²) in [6, 6.07) is 10.4. The Bertz CT molecular complexity index is 609. The van der Waals surface area contributed by atoms with Gasteiger partial charge in [-0.25, -0.2) is 4.39 Å². The summed E-state index contributed by atoms with van der Waals surface area (Å²) in [6.45, 7) is 5.83. The van der Waals surface area contributed by atoms with Crippen molar-refractivity contribution in [2.45, 2.75) is 27.2 Å². The van der Waals surface area contributed by atoms with Gasteiger partial charge in [-0.2, -0.15) is 0 Å². The van der Waals surface area contributed by atoms with Crippen LogP contribution in [0.25, 0.3) is 0 Å². The molecule has 0 N–H and O–H groups in total. The average molecular weight is 256 g/mol. The maximum absolute atomic E-state index is 13.2. The van der Waals surface area contributed by atoms with Gasteiger partial charge in [-0.15, -0.1) is 0 Å². The van der Waals surface area contributed by atoms with Gasteiger partial charge in [0.25, 0.3) is 0 Å². The first kappa shape index (κ1) is 13.5. The Hall–Kier alpha value is -1.96. The van der Waals surface area contributed by atoms with Crippen molar-refractivity contribution in [3.63, 3.8) is 0 Å². The van der Waals surface area contributed by atoms with Crippen molar-refractivity contribution >= 4 is 5.78 Å². The van der Waals surface area contributed by atoms with Gasteiger partial charge in [0.2, 0.25) is 0 Å². The zero-order chi connectivity index (χ0) is 14.0. The third kappa shape index (κ3) is 3.28. The molecule has 0 aliphatic rings. The molecule has 0 saturated carbocycles. The molecule has 0 atom stereocenters. The first-order valence-electron chi connectivity index (χ1n) is 6.32. The highest BCUT2D eigenvalue weighted by molar-refractivity contribution is 5.98. The molecule has 98 valence electrons. The molecule has 0 aliphatic carbocycles. The number of halogens is 1. The van der Waals surface area contributed by atoms with Crippen molar-refractivity contribution in [2.24, 2.45) is 0 Å². The van der Waals surface area contributed by atoms with Crippen molar-refractivity contribution in [2.75, 3.05) is 0 Å². The fraction of sp³-hybridized carbons (Fsp3) is 0.235. The van der Waals surface area contributed by atoms with E-state index in [4.69, 9.17) is 0 Å². The molecule has 0 amide bonds. The number of rotatable bonds is 3. The summed E-state index contributed by atoms with van der Waals surface area (Å²) < 4.78 is 13.2. The van der Waals surface area contributed by atoms with Crippen molar-refractivity contribution in [1.82, 2.24) is 0 Å². The molecule has 1 nitrogen and oxygen atoms in total. The van der Waals surface area contributed by atoms with Gasteiger partial charge in [-0.05, 0) is 56.2 Å². The molecule has 0 aliphatic heterocycles. The van der Waals surface area contributed by atoms with E-state index < -0.39 is 0 Å². The second kappa shape index (κ2) is 5.35. The van der Waals surface area contributed by atoms with Gasteiger partial charge in [-0.1, -0.05) is 23.3 Å². The van der Waals surface area contributed by atoms with E-state index in [1.54, 1.807) is 6.07 Å². The van der Waals surface area contributed by atoms with Crippen molar-refractivity contribution in [3.05, 3.63) is 70.0 Å². The normalized spacial score (nSPS) is 10.5. The molecular formula is C17H17FO. The molecule has 0 aromatic heterocycles. The molecule has 19 heavy (non-hydrogen) atoms. The molecule has 0 spiro atoms. The highest BCUT2D eigenvalue weighted by atomic mass is 19.1. The van der Waals surface area contributed by atoms with Gasteiger partial charge in [0.15, 0.2) is 5.78 Å². The molecule has 2 heteroatoms. The Morgan fingerprint density at radius 3 is 2.26 bits per heavy atom. The fourth-order valence-corrected chi connectivity index (χ4v) is 2.24. The molecule has 0 heterocycles. The maximum Gasteiger partial charge on any atom is 0.167 e. The Kier molecular flexibility index (Phi) is 3.79. The van der Waals surface area contributed by atoms with Crippen molar-refractivity contribution < 1.29 is 9.18 Å². The zero-order valence-electron chi connectivity index (χ0n) is 11.5. The average Bonchev–Trinajstić information content (AvgIpc) is 2.32. The number of benzene rings is 2. The smallest absolute Gasteiger partial charge is 0.167 e. The summed E-state index contributed by atoms with van der Waals surface area (Å²) in [7, 11) is 0. The molecule has 0 fully saturated rings. The van der Waals surface area contributed by atoms with Crippen LogP contribution in [0.5, 0.6) is 0 Å². The van der Waals surface area contributed by atoms with Crippen LogP contribution in [0.3, 0.4) is 0 Å². The van der Waals surface area contributed by atoms with Crippen LogP contribution in [-0.4, -0.2) is 5.78 Å². The maximum atomic E-state index is 13.2. The molecule has 0 saturated heterocycles. The minimum Gasteiger partial charge on any atom is -0.294 e. The predicted octanol–water partition coefficient (Wildman–Crippen LogP) is 4.18. The highest BCUT2D eigenvalue weighted by Crippen LogP contribution is 2.15. The van der Waals surface area contributed by atoms with Crippen LogP contribution in [-0.2, 0) is 6.42 Å². The van der Waals surface area contributed by atoms with E-state index in [9.17, 15) is 9.18 Å². The van der Waals surface area contributed by atoms with Gasteiger partial charge >= 0.3 is 0 Å². The van der Waals surface area contributed by atoms with Crippen LogP contribution < -0.4 is 0 Å². The Morgan fingerprint density at radius 2 is 1.63 bits per heavy atom. The summed E-state index contributed by atoms with van der Waals surface area (Å²) in [6.07, 6.45) is 0.243. The van der Waals surface area contributed by atoms with E-state index in [-0.39, 0.29) is 18.0 Å². The molecule has 0 bridgehead atoms. The SMILES string of the molecule is Cc1cc(C)cc(C(=O)Cc2cc(F)ccc2C)c1. The third-order valence-corrected chi connectivity index (χ3v) is 3.21. The Labute approximate surface area is 113 Å². The van der Waals surface area contributed by atoms with Gasteiger partial charge in [0, 0.05) is 12.0 Å². The zero-order valence-corrected chi connectivity index (χ0v) is 11.5. The minimum atomic E-state index is -0.297. The quantitative estimate of drug-likeness (QED) is 0.753. The molecule has 2 rings (SSSR count). The number of Topliss-reactive ketones (excluding diaryl/α,β-unsaturated/α-hetero) is 1. The number of hydrogen-bond acceptors (Lipinski definition) is 1. The Balaban J connectivity index is 2.28. The van der Waals surface area contributed by atoms with Crippen LogP contribution in [0.4, 0.5) is 4.39 Å². The van der Waals surface area contributed by atoms with Gasteiger partial charge in [0.05, 0.1) is 0 Å². The first-order chi connectivity index (χ1) is 8.95. The van der Waals surface area contributed by atoms with E-state index in [2.05, 4.69) is 0 Å². The van der Waals surface area contributed by atoms with Crippen LogP contribution >= 0.6 is 0 Å². The second-order valence-corrected chi connectivity index (χ2v) is 5.05. The largest absolute Gasteiger partial charge is 0.294 e. The van der Waals surface area contributed by atoms with Gasteiger partial charge in [-0.3, -0.25) is 4.79 Å². The summed E-state index contributed by atoms with van der Waals surface area (Å²) >= 11 is 0. The molecule has 0 unspecified atom stereocenters. The lowest BCUT2D eigenvalue weighted by molar-refractivity contribution is 0.0992. The monoisotopic (exact) mass is 256 g/mol. The second-order valence-electron chi connectivity index (χ2n) is 5.05. The van der Waals surface area contributed by atoms with E-state index in [1.165, 1.54) is 12.1 Å². The first-order valence-corrected chi connectivity index (χ1v) is 6.32. The predicted molar refractivity (Wildman–Crippen MR) is 75.1 cm³/mol. The van der Waals surface area contributed by atoms with Crippen molar-refractivity contribution in [1.29, 1.82) is 0 Å². The number of carbonyl (C=O) groups excluding carboxylic acids is 1. The lowest BCUT2D eigenvalue weighted by Gasteiger charge is -2.07. The Morgan fingerprint density at radius 1 is 1.00 bits per heavy atom. The van der Waals surface area contributed by atoms with E-state index in [0.29, 0.717) is 5.56 Å². The number of hydrogen-bond donors (Lipinski definition) is 0. The van der Waals surface area contributed by atoms with E-state index >= 15 is 0 Å². The van der Waals surface area contributed by atoms with Gasteiger partial charge < -0.3 is 0 Å². The van der Waals surface area contributed by atoms with Gasteiger partial charge in [0.1, 0.15) is 5.82 Å². The number of aryl methyl sites for hydroxylation is 3. The summed E-state index contributed by atoms with van der Waals surface area (Å²) in [4.78, 5) is 12.3. The third-order valence-electron chi connectivity index (χ3n) is 3.21. The van der Waals surface area contributed by atoms with Crippen LogP contribution in [0.15, 0.2) is 36.4 Å². The van der Waals surface area contributed by atoms with E-state index in [0.717, 1.165) is 22.3 Å². The molecule has 2 aromatic rings. The number of carbonyl (C=O) groups is 1. The van der Waals surface area contributed by atoms with Crippen LogP contribution in [0.1, 0.15) is 32.6 Å². The standard InChI is InChI=1S/C17H17FO/c1-11-6-12(2)8-15(7-11)17(19)10-14-9-16(18)5-4-13(14)3/h4-9H,10H2,1-3H3. The lowest BCUT2D eigenvalue weighted by atomic mass is 9.97. The lowest BCUT2D eigenvalue weighted by Crippen LogP contribution is -2.06.